The van der Waals surface area contributed by atoms with Crippen molar-refractivity contribution < 1.29 is 20.1 Å². The van der Waals surface area contributed by atoms with E-state index in [1.165, 1.54) is 18.2 Å². The van der Waals surface area contributed by atoms with Gasteiger partial charge in [-0.3, -0.25) is 4.79 Å². The van der Waals surface area contributed by atoms with Crippen LogP contribution in [0.2, 0.25) is 0 Å². The van der Waals surface area contributed by atoms with Crippen LogP contribution < -0.4 is 0 Å². The maximum absolute atomic E-state index is 11.2. The molecule has 1 fully saturated rings. The SMILES string of the molecule is O=C(O)C1(c2ccc(O)cc2O)CCC1. The molecular formula is C11H12O4. The van der Waals surface area contributed by atoms with Crippen LogP contribution in [-0.4, -0.2) is 21.3 Å². The third-order valence-corrected chi connectivity index (χ3v) is 3.11. The number of carboxylic acids is 1. The third-order valence-electron chi connectivity index (χ3n) is 3.11. The fourth-order valence-corrected chi connectivity index (χ4v) is 2.05. The lowest BCUT2D eigenvalue weighted by Gasteiger charge is -2.38. The van der Waals surface area contributed by atoms with Crippen molar-refractivity contribution in [1.29, 1.82) is 0 Å². The van der Waals surface area contributed by atoms with Crippen molar-refractivity contribution >= 4 is 5.97 Å². The molecule has 0 amide bonds. The topological polar surface area (TPSA) is 77.8 Å². The van der Waals surface area contributed by atoms with Gasteiger partial charge >= 0.3 is 5.97 Å². The van der Waals surface area contributed by atoms with Gasteiger partial charge in [-0.2, -0.15) is 0 Å². The first-order valence-electron chi connectivity index (χ1n) is 4.82. The van der Waals surface area contributed by atoms with Crippen LogP contribution in [0.4, 0.5) is 0 Å². The Balaban J connectivity index is 2.48. The molecule has 4 nitrogen and oxygen atoms in total. The average Bonchev–Trinajstić information content (AvgIpc) is 2.05. The summed E-state index contributed by atoms with van der Waals surface area (Å²) in [4.78, 5) is 11.2. The second kappa shape index (κ2) is 3.15. The first-order valence-corrected chi connectivity index (χ1v) is 4.82. The molecule has 80 valence electrons. The van der Waals surface area contributed by atoms with Crippen molar-refractivity contribution in [2.75, 3.05) is 0 Å². The lowest BCUT2D eigenvalue weighted by atomic mass is 9.64. The van der Waals surface area contributed by atoms with Crippen LogP contribution in [0.15, 0.2) is 18.2 Å². The van der Waals surface area contributed by atoms with E-state index in [9.17, 15) is 9.90 Å². The monoisotopic (exact) mass is 208 g/mol. The molecule has 1 aromatic carbocycles. The molecule has 0 aromatic heterocycles. The lowest BCUT2D eigenvalue weighted by Crippen LogP contribution is -2.42. The van der Waals surface area contributed by atoms with Crippen LogP contribution >= 0.6 is 0 Å². The molecule has 1 aliphatic carbocycles. The van der Waals surface area contributed by atoms with E-state index in [4.69, 9.17) is 10.2 Å². The highest BCUT2D eigenvalue weighted by molar-refractivity contribution is 5.83. The molecule has 0 atom stereocenters. The minimum absolute atomic E-state index is 0.0592. The molecule has 1 aliphatic rings. The molecule has 1 aromatic rings. The molecule has 3 N–H and O–H groups in total. The number of aromatic hydroxyl groups is 2. The Kier molecular flexibility index (Phi) is 2.07. The van der Waals surface area contributed by atoms with Gasteiger partial charge in [-0.1, -0.05) is 12.5 Å². The molecule has 0 spiro atoms. The lowest BCUT2D eigenvalue weighted by molar-refractivity contribution is -0.147. The fraction of sp³-hybridized carbons (Fsp3) is 0.364. The van der Waals surface area contributed by atoms with Crippen molar-refractivity contribution in [2.24, 2.45) is 0 Å². The Labute approximate surface area is 86.8 Å². The van der Waals surface area contributed by atoms with E-state index in [1.807, 2.05) is 0 Å². The normalized spacial score (nSPS) is 18.1. The minimum atomic E-state index is -0.947. The van der Waals surface area contributed by atoms with Crippen LogP contribution in [0.1, 0.15) is 24.8 Å². The third kappa shape index (κ3) is 1.33. The van der Waals surface area contributed by atoms with Crippen LogP contribution in [0.25, 0.3) is 0 Å². The number of carbonyl (C=O) groups is 1. The molecular weight excluding hydrogens is 196 g/mol. The van der Waals surface area contributed by atoms with E-state index in [0.717, 1.165) is 6.42 Å². The van der Waals surface area contributed by atoms with E-state index in [-0.39, 0.29) is 11.5 Å². The van der Waals surface area contributed by atoms with Crippen molar-refractivity contribution in [2.45, 2.75) is 24.7 Å². The van der Waals surface area contributed by atoms with E-state index >= 15 is 0 Å². The second-order valence-corrected chi connectivity index (χ2v) is 3.94. The van der Waals surface area contributed by atoms with E-state index < -0.39 is 11.4 Å². The van der Waals surface area contributed by atoms with Gasteiger partial charge in [0.15, 0.2) is 0 Å². The number of hydrogen-bond acceptors (Lipinski definition) is 3. The molecule has 0 radical (unpaired) electrons. The molecule has 0 unspecified atom stereocenters. The smallest absolute Gasteiger partial charge is 0.314 e. The predicted octanol–water partition coefficient (Wildman–Crippen LogP) is 1.60. The molecule has 4 heteroatoms. The Morgan fingerprint density at radius 1 is 1.27 bits per heavy atom. The highest BCUT2D eigenvalue weighted by Gasteiger charge is 2.47. The van der Waals surface area contributed by atoms with Crippen LogP contribution in [0.5, 0.6) is 11.5 Å². The summed E-state index contributed by atoms with van der Waals surface area (Å²) in [6.45, 7) is 0. The van der Waals surface area contributed by atoms with Crippen LogP contribution in [0, 0.1) is 0 Å². The predicted molar refractivity (Wildman–Crippen MR) is 52.9 cm³/mol. The molecule has 2 rings (SSSR count). The number of rotatable bonds is 2. The quantitative estimate of drug-likeness (QED) is 0.689. The molecule has 0 bridgehead atoms. The zero-order valence-electron chi connectivity index (χ0n) is 8.10. The standard InChI is InChI=1S/C11H12O4/c12-7-2-3-8(9(13)6-7)11(10(14)15)4-1-5-11/h2-3,6,12-13H,1,4-5H2,(H,14,15). The molecule has 15 heavy (non-hydrogen) atoms. The molecule has 0 heterocycles. The van der Waals surface area contributed by atoms with Gasteiger partial charge in [-0.05, 0) is 18.9 Å². The van der Waals surface area contributed by atoms with E-state index in [0.29, 0.717) is 18.4 Å². The summed E-state index contributed by atoms with van der Waals surface area (Å²) < 4.78 is 0. The van der Waals surface area contributed by atoms with Crippen molar-refractivity contribution in [3.8, 4) is 11.5 Å². The maximum atomic E-state index is 11.2. The number of aliphatic carboxylic acids is 1. The summed E-state index contributed by atoms with van der Waals surface area (Å²) in [6.07, 6.45) is 1.94. The van der Waals surface area contributed by atoms with Gasteiger partial charge < -0.3 is 15.3 Å². The van der Waals surface area contributed by atoms with Crippen LogP contribution in [-0.2, 0) is 10.2 Å². The fourth-order valence-electron chi connectivity index (χ4n) is 2.05. The number of benzene rings is 1. The highest BCUT2D eigenvalue weighted by atomic mass is 16.4. The first-order chi connectivity index (χ1) is 7.06. The van der Waals surface area contributed by atoms with Gasteiger partial charge in [0.1, 0.15) is 11.5 Å². The van der Waals surface area contributed by atoms with Crippen LogP contribution in [0.3, 0.4) is 0 Å². The Hall–Kier alpha value is -1.71. The van der Waals surface area contributed by atoms with Gasteiger partial charge in [0, 0.05) is 11.6 Å². The van der Waals surface area contributed by atoms with Crippen molar-refractivity contribution in [3.63, 3.8) is 0 Å². The summed E-state index contributed by atoms with van der Waals surface area (Å²) in [5, 5.41) is 27.9. The summed E-state index contributed by atoms with van der Waals surface area (Å²) >= 11 is 0. The Morgan fingerprint density at radius 2 is 1.93 bits per heavy atom. The summed E-state index contributed by atoms with van der Waals surface area (Å²) in [6, 6.07) is 4.06. The first kappa shape index (κ1) is 9.83. The van der Waals surface area contributed by atoms with Gasteiger partial charge in [-0.25, -0.2) is 0 Å². The van der Waals surface area contributed by atoms with Crippen molar-refractivity contribution in [1.82, 2.24) is 0 Å². The number of phenols is 2. The van der Waals surface area contributed by atoms with E-state index in [1.54, 1.807) is 0 Å². The highest BCUT2D eigenvalue weighted by Crippen LogP contribution is 2.47. The second-order valence-electron chi connectivity index (χ2n) is 3.94. The van der Waals surface area contributed by atoms with Gasteiger partial charge in [0.2, 0.25) is 0 Å². The van der Waals surface area contributed by atoms with Gasteiger partial charge in [0.25, 0.3) is 0 Å². The molecule has 0 aliphatic heterocycles. The van der Waals surface area contributed by atoms with Gasteiger partial charge in [0.05, 0.1) is 5.41 Å². The minimum Gasteiger partial charge on any atom is -0.508 e. The largest absolute Gasteiger partial charge is 0.508 e. The Bertz CT molecular complexity index is 407. The maximum Gasteiger partial charge on any atom is 0.314 e. The van der Waals surface area contributed by atoms with E-state index in [2.05, 4.69) is 0 Å². The van der Waals surface area contributed by atoms with Gasteiger partial charge in [-0.15, -0.1) is 0 Å². The summed E-state index contributed by atoms with van der Waals surface area (Å²) in [5.74, 6) is -1.11. The zero-order chi connectivity index (χ0) is 11.1. The molecule has 0 saturated heterocycles. The Morgan fingerprint density at radius 3 is 2.33 bits per heavy atom. The number of carboxylic acid groups (broad SMARTS) is 1. The average molecular weight is 208 g/mol. The number of phenolic OH excluding ortho intramolecular Hbond substituents is 2. The molecule has 1 saturated carbocycles. The zero-order valence-corrected chi connectivity index (χ0v) is 8.10. The van der Waals surface area contributed by atoms with Crippen molar-refractivity contribution in [3.05, 3.63) is 23.8 Å². The summed E-state index contributed by atoms with van der Waals surface area (Å²) in [7, 11) is 0. The summed E-state index contributed by atoms with van der Waals surface area (Å²) in [5.41, 5.74) is -0.545. The number of hydrogen-bond donors (Lipinski definition) is 3.